The zero-order valence-electron chi connectivity index (χ0n) is 18.8. The van der Waals surface area contributed by atoms with Crippen LogP contribution in [0.5, 0.6) is 11.5 Å². The Morgan fingerprint density at radius 2 is 1.94 bits per heavy atom. The summed E-state index contributed by atoms with van der Waals surface area (Å²) < 4.78 is 22.8. The van der Waals surface area contributed by atoms with Crippen LogP contribution in [0, 0.1) is 0 Å². The number of hydrogen-bond acceptors (Lipinski definition) is 9. The van der Waals surface area contributed by atoms with Crippen LogP contribution < -0.4 is 9.47 Å². The van der Waals surface area contributed by atoms with Crippen molar-refractivity contribution in [1.82, 2.24) is 4.90 Å². The Bertz CT molecular complexity index is 962. The number of aliphatic hydroxyl groups is 4. The monoisotopic (exact) mass is 461 g/mol. The summed E-state index contributed by atoms with van der Waals surface area (Å²) in [7, 11) is 3.27. The first-order chi connectivity index (χ1) is 15.9. The van der Waals surface area contributed by atoms with Gasteiger partial charge in [-0.3, -0.25) is 4.90 Å². The van der Waals surface area contributed by atoms with Crippen LogP contribution in [0.25, 0.3) is 0 Å². The number of nitrogens with zero attached hydrogens (tertiary/aromatic N) is 1. The molecule has 1 aromatic carbocycles. The van der Waals surface area contributed by atoms with Gasteiger partial charge in [0.15, 0.2) is 11.5 Å². The van der Waals surface area contributed by atoms with Crippen molar-refractivity contribution in [2.75, 3.05) is 33.9 Å². The molecule has 0 aromatic heterocycles. The molecule has 0 amide bonds. The van der Waals surface area contributed by atoms with Crippen LogP contribution in [0.1, 0.15) is 17.5 Å². The number of aliphatic hydroxyl groups excluding tert-OH is 4. The van der Waals surface area contributed by atoms with E-state index >= 15 is 0 Å². The molecular weight excluding hydrogens is 430 g/mol. The van der Waals surface area contributed by atoms with Gasteiger partial charge in [0.2, 0.25) is 6.29 Å². The van der Waals surface area contributed by atoms with Crippen LogP contribution in [0.4, 0.5) is 0 Å². The van der Waals surface area contributed by atoms with Crippen LogP contribution in [0.15, 0.2) is 35.9 Å². The van der Waals surface area contributed by atoms with Gasteiger partial charge in [-0.25, -0.2) is 0 Å². The highest BCUT2D eigenvalue weighted by atomic mass is 16.7. The molecule has 1 aromatic rings. The third-order valence-electron chi connectivity index (χ3n) is 7.42. The molecular formula is C24H31NO8. The maximum absolute atomic E-state index is 10.4. The maximum Gasteiger partial charge on any atom is 0.229 e. The van der Waals surface area contributed by atoms with E-state index in [0.29, 0.717) is 11.5 Å². The Labute approximate surface area is 192 Å². The predicted octanol–water partition coefficient (Wildman–Crippen LogP) is -0.158. The normalized spacial score (nSPS) is 37.7. The third-order valence-corrected chi connectivity index (χ3v) is 7.42. The molecule has 1 spiro atoms. The van der Waals surface area contributed by atoms with Crippen LogP contribution in [-0.4, -0.2) is 96.1 Å². The fourth-order valence-corrected chi connectivity index (χ4v) is 5.61. The summed E-state index contributed by atoms with van der Waals surface area (Å²) in [5.74, 6) is 0.834. The van der Waals surface area contributed by atoms with E-state index in [-0.39, 0.29) is 11.6 Å². The van der Waals surface area contributed by atoms with Crippen LogP contribution in [0.3, 0.4) is 0 Å². The summed E-state index contributed by atoms with van der Waals surface area (Å²) in [5, 5.41) is 40.0. The second-order valence-electron chi connectivity index (χ2n) is 9.03. The molecule has 9 nitrogen and oxygen atoms in total. The van der Waals surface area contributed by atoms with E-state index in [1.165, 1.54) is 5.57 Å². The van der Waals surface area contributed by atoms with Crippen molar-refractivity contribution in [3.05, 3.63) is 47.1 Å². The summed E-state index contributed by atoms with van der Waals surface area (Å²) >= 11 is 0. The number of benzene rings is 1. The maximum atomic E-state index is 10.4. The van der Waals surface area contributed by atoms with Crippen LogP contribution in [-0.2, 0) is 21.4 Å². The second-order valence-corrected chi connectivity index (χ2v) is 9.03. The zero-order valence-corrected chi connectivity index (χ0v) is 18.8. The van der Waals surface area contributed by atoms with Crippen molar-refractivity contribution < 1.29 is 39.4 Å². The highest BCUT2D eigenvalue weighted by Crippen LogP contribution is 2.52. The molecule has 1 saturated heterocycles. The van der Waals surface area contributed by atoms with E-state index < -0.39 is 37.3 Å². The molecule has 3 aliphatic heterocycles. The van der Waals surface area contributed by atoms with Gasteiger partial charge in [0.1, 0.15) is 24.4 Å². The molecule has 33 heavy (non-hydrogen) atoms. The van der Waals surface area contributed by atoms with Gasteiger partial charge in [-0.05, 0) is 35.3 Å². The van der Waals surface area contributed by atoms with Crippen molar-refractivity contribution in [3.8, 4) is 11.5 Å². The quantitative estimate of drug-likeness (QED) is 0.474. The van der Waals surface area contributed by atoms with Crippen LogP contribution in [0.2, 0.25) is 0 Å². The van der Waals surface area contributed by atoms with Crippen molar-refractivity contribution in [2.45, 2.75) is 55.2 Å². The lowest BCUT2D eigenvalue weighted by Crippen LogP contribution is -2.60. The molecule has 1 fully saturated rings. The molecule has 9 heteroatoms. The Morgan fingerprint density at radius 3 is 2.67 bits per heavy atom. The van der Waals surface area contributed by atoms with Gasteiger partial charge in [0.25, 0.3) is 0 Å². The zero-order chi connectivity index (χ0) is 23.3. The Balaban J connectivity index is 1.51. The number of rotatable bonds is 5. The van der Waals surface area contributed by atoms with Gasteiger partial charge in [0.05, 0.1) is 25.4 Å². The van der Waals surface area contributed by atoms with E-state index in [1.807, 2.05) is 12.1 Å². The average molecular weight is 462 g/mol. The average Bonchev–Trinajstić information content (AvgIpc) is 3.22. The Morgan fingerprint density at radius 1 is 1.12 bits per heavy atom. The lowest BCUT2D eigenvalue weighted by Gasteiger charge is -2.48. The molecule has 4 aliphatic rings. The first-order valence-corrected chi connectivity index (χ1v) is 11.3. The molecule has 0 radical (unpaired) electrons. The minimum Gasteiger partial charge on any atom is -0.493 e. The molecule has 3 heterocycles. The van der Waals surface area contributed by atoms with Crippen molar-refractivity contribution >= 4 is 0 Å². The lowest BCUT2D eigenvalue weighted by atomic mass is 9.71. The van der Waals surface area contributed by atoms with Gasteiger partial charge >= 0.3 is 0 Å². The summed E-state index contributed by atoms with van der Waals surface area (Å²) in [4.78, 5) is 2.47. The van der Waals surface area contributed by atoms with Gasteiger partial charge < -0.3 is 39.4 Å². The minimum absolute atomic E-state index is 0.00439. The largest absolute Gasteiger partial charge is 0.493 e. The third kappa shape index (κ3) is 3.50. The van der Waals surface area contributed by atoms with E-state index in [9.17, 15) is 20.4 Å². The number of ether oxygens (including phenoxy) is 4. The van der Waals surface area contributed by atoms with Crippen molar-refractivity contribution in [2.24, 2.45) is 0 Å². The molecule has 1 aliphatic carbocycles. The molecule has 5 rings (SSSR count). The topological polar surface area (TPSA) is 121 Å². The highest BCUT2D eigenvalue weighted by molar-refractivity contribution is 5.57. The number of hydrogen-bond donors (Lipinski definition) is 4. The number of methoxy groups -OCH3 is 2. The predicted molar refractivity (Wildman–Crippen MR) is 117 cm³/mol. The van der Waals surface area contributed by atoms with Gasteiger partial charge in [0, 0.05) is 26.6 Å². The van der Waals surface area contributed by atoms with Crippen molar-refractivity contribution in [1.29, 1.82) is 0 Å². The lowest BCUT2D eigenvalue weighted by molar-refractivity contribution is -0.277. The van der Waals surface area contributed by atoms with E-state index in [0.717, 1.165) is 37.1 Å². The fourth-order valence-electron chi connectivity index (χ4n) is 5.61. The van der Waals surface area contributed by atoms with E-state index in [1.54, 1.807) is 14.2 Å². The summed E-state index contributed by atoms with van der Waals surface area (Å²) in [6.07, 6.45) is 1.37. The molecule has 7 atom stereocenters. The van der Waals surface area contributed by atoms with Crippen LogP contribution >= 0.6 is 0 Å². The van der Waals surface area contributed by atoms with Gasteiger partial charge in [-0.15, -0.1) is 0 Å². The van der Waals surface area contributed by atoms with E-state index in [2.05, 4.69) is 23.1 Å². The highest BCUT2D eigenvalue weighted by Gasteiger charge is 2.51. The molecule has 1 unspecified atom stereocenters. The SMILES string of the molecule is COc1cc2c(cc1O[C@@H]1O[C@H](CO)[C@@H](O)[C@H](O)[C@H]1O)CCN1CC=C3C=C[C@@H](OC)CC321. The molecule has 0 bridgehead atoms. The van der Waals surface area contributed by atoms with E-state index in [4.69, 9.17) is 18.9 Å². The summed E-state index contributed by atoms with van der Waals surface area (Å²) in [6.45, 7) is 1.23. The molecule has 180 valence electrons. The second kappa shape index (κ2) is 8.66. The van der Waals surface area contributed by atoms with Gasteiger partial charge in [-0.1, -0.05) is 18.2 Å². The van der Waals surface area contributed by atoms with Crippen molar-refractivity contribution in [3.63, 3.8) is 0 Å². The first kappa shape index (κ1) is 22.8. The molecule has 0 saturated carbocycles. The van der Waals surface area contributed by atoms with Gasteiger partial charge in [-0.2, -0.15) is 0 Å². The number of fused-ring (bicyclic) bond motifs is 1. The minimum atomic E-state index is -1.51. The summed E-state index contributed by atoms with van der Waals surface area (Å²) in [6, 6.07) is 3.88. The Kier molecular flexibility index (Phi) is 5.98. The standard InChI is InChI=1S/C24H31NO8/c1-30-15-4-3-14-6-8-25-7-5-13-9-18(17(31-2)10-16(13)24(14,25)11-15)32-23-22(29)21(28)20(27)19(12-26)33-23/h3-4,6,9-10,15,19-23,26-29H,5,7-8,11-12H2,1-2H3/t15-,19-,20-,21+,22-,23-,24?/m1/s1. The fraction of sp³-hybridized carbons (Fsp3) is 0.583. The first-order valence-electron chi connectivity index (χ1n) is 11.3. The Hall–Kier alpha value is -1.98. The smallest absolute Gasteiger partial charge is 0.229 e. The molecule has 4 N–H and O–H groups in total. The summed E-state index contributed by atoms with van der Waals surface area (Å²) in [5.41, 5.74) is 3.20.